The topological polar surface area (TPSA) is 73.6 Å². The number of nitrogen functional groups attached to an aromatic ring is 1. The number of benzene rings is 1. The lowest BCUT2D eigenvalue weighted by Gasteiger charge is -2.24. The van der Waals surface area contributed by atoms with E-state index in [9.17, 15) is 4.79 Å². The number of carbonyl (C=O) groups is 1. The molecule has 0 aromatic heterocycles. The molecule has 1 aromatic rings. The van der Waals surface area contributed by atoms with E-state index in [1.165, 1.54) is 0 Å². The van der Waals surface area contributed by atoms with Gasteiger partial charge in [0.05, 0.1) is 36.2 Å². The molecule has 0 spiro atoms. The number of methoxy groups -OCH3 is 1. The Morgan fingerprint density at radius 3 is 2.65 bits per heavy atom. The lowest BCUT2D eigenvalue weighted by molar-refractivity contribution is 0.0527. The summed E-state index contributed by atoms with van der Waals surface area (Å²) in [5, 5.41) is 3.33. The van der Waals surface area contributed by atoms with Crippen molar-refractivity contribution in [2.75, 3.05) is 31.4 Å². The molecule has 1 aromatic carbocycles. The largest absolute Gasteiger partial charge is 0.462 e. The molecule has 1 rings (SSSR count). The van der Waals surface area contributed by atoms with E-state index < -0.39 is 5.97 Å². The predicted molar refractivity (Wildman–Crippen MR) is 80.9 cm³/mol. The van der Waals surface area contributed by atoms with Crippen LogP contribution >= 0.6 is 0 Å². The summed E-state index contributed by atoms with van der Waals surface area (Å²) >= 11 is 0. The number of ether oxygens (including phenoxy) is 2. The number of para-hydroxylation sites is 1. The Hall–Kier alpha value is -1.75. The van der Waals surface area contributed by atoms with Gasteiger partial charge in [0.15, 0.2) is 0 Å². The molecule has 0 radical (unpaired) electrons. The third kappa shape index (κ3) is 4.13. The van der Waals surface area contributed by atoms with Crippen LogP contribution in [0.15, 0.2) is 18.2 Å². The lowest BCUT2D eigenvalue weighted by Crippen LogP contribution is -2.31. The number of nitrogens with one attached hydrogen (secondary N) is 1. The maximum absolute atomic E-state index is 11.8. The minimum atomic E-state index is -0.401. The van der Waals surface area contributed by atoms with E-state index in [2.05, 4.69) is 19.2 Å². The van der Waals surface area contributed by atoms with E-state index in [4.69, 9.17) is 15.2 Å². The number of hydrogen-bond donors (Lipinski definition) is 2. The third-order valence-corrected chi connectivity index (χ3v) is 3.09. The SMILES string of the molecule is CCOC(=O)c1cccc(NC(COC)C(C)C)c1N. The van der Waals surface area contributed by atoms with Crippen LogP contribution < -0.4 is 11.1 Å². The van der Waals surface area contributed by atoms with Crippen molar-refractivity contribution in [3.8, 4) is 0 Å². The van der Waals surface area contributed by atoms with Crippen LogP contribution in [-0.2, 0) is 9.47 Å². The summed E-state index contributed by atoms with van der Waals surface area (Å²) in [6.45, 7) is 6.86. The quantitative estimate of drug-likeness (QED) is 0.593. The summed E-state index contributed by atoms with van der Waals surface area (Å²) in [6.07, 6.45) is 0. The normalized spacial score (nSPS) is 12.2. The van der Waals surface area contributed by atoms with E-state index >= 15 is 0 Å². The van der Waals surface area contributed by atoms with Gasteiger partial charge in [0.25, 0.3) is 0 Å². The summed E-state index contributed by atoms with van der Waals surface area (Å²) in [6, 6.07) is 5.43. The number of nitrogens with two attached hydrogens (primary N) is 1. The van der Waals surface area contributed by atoms with Gasteiger partial charge in [-0.05, 0) is 25.0 Å². The highest BCUT2D eigenvalue weighted by molar-refractivity contribution is 5.98. The van der Waals surface area contributed by atoms with Gasteiger partial charge in [-0.15, -0.1) is 0 Å². The second-order valence-electron chi connectivity index (χ2n) is 4.94. The first-order valence-corrected chi connectivity index (χ1v) is 6.82. The first kappa shape index (κ1) is 16.3. The zero-order valence-electron chi connectivity index (χ0n) is 12.6. The van der Waals surface area contributed by atoms with E-state index in [1.54, 1.807) is 26.2 Å². The van der Waals surface area contributed by atoms with Gasteiger partial charge in [-0.2, -0.15) is 0 Å². The number of esters is 1. The molecule has 3 N–H and O–H groups in total. The first-order chi connectivity index (χ1) is 9.51. The predicted octanol–water partition coefficient (Wildman–Crippen LogP) is 2.53. The van der Waals surface area contributed by atoms with Crippen LogP contribution in [0.3, 0.4) is 0 Å². The fraction of sp³-hybridized carbons (Fsp3) is 0.533. The standard InChI is InChI=1S/C15H24N2O3/c1-5-20-15(18)11-7-6-8-12(14(11)16)17-13(9-19-4)10(2)3/h6-8,10,13,17H,5,9,16H2,1-4H3. The monoisotopic (exact) mass is 280 g/mol. The first-order valence-electron chi connectivity index (χ1n) is 6.82. The molecular formula is C15H24N2O3. The third-order valence-electron chi connectivity index (χ3n) is 3.09. The number of rotatable bonds is 7. The Bertz CT molecular complexity index is 447. The molecule has 1 unspecified atom stereocenters. The summed E-state index contributed by atoms with van der Waals surface area (Å²) in [5.41, 5.74) is 7.58. The second kappa shape index (κ2) is 7.75. The van der Waals surface area contributed by atoms with Crippen LogP contribution in [0.25, 0.3) is 0 Å². The molecule has 0 saturated heterocycles. The molecule has 112 valence electrons. The average molecular weight is 280 g/mol. The van der Waals surface area contributed by atoms with Gasteiger partial charge < -0.3 is 20.5 Å². The van der Waals surface area contributed by atoms with Crippen molar-refractivity contribution in [3.63, 3.8) is 0 Å². The molecule has 0 aliphatic heterocycles. The molecule has 1 atom stereocenters. The Morgan fingerprint density at radius 2 is 2.10 bits per heavy atom. The van der Waals surface area contributed by atoms with E-state index in [1.807, 2.05) is 6.07 Å². The molecule has 0 aliphatic carbocycles. The van der Waals surface area contributed by atoms with Gasteiger partial charge in [-0.3, -0.25) is 0 Å². The molecule has 5 nitrogen and oxygen atoms in total. The zero-order chi connectivity index (χ0) is 15.1. The molecular weight excluding hydrogens is 256 g/mol. The van der Waals surface area contributed by atoms with E-state index in [-0.39, 0.29) is 6.04 Å². The summed E-state index contributed by atoms with van der Waals surface area (Å²) in [4.78, 5) is 11.8. The Labute approximate surface area is 120 Å². The molecule has 0 fully saturated rings. The molecule has 0 bridgehead atoms. The van der Waals surface area contributed by atoms with Crippen molar-refractivity contribution in [2.45, 2.75) is 26.8 Å². The molecule has 5 heteroatoms. The van der Waals surface area contributed by atoms with Crippen molar-refractivity contribution < 1.29 is 14.3 Å². The Kier molecular flexibility index (Phi) is 6.31. The van der Waals surface area contributed by atoms with Gasteiger partial charge in [0.1, 0.15) is 0 Å². The van der Waals surface area contributed by atoms with Crippen LogP contribution in [0.4, 0.5) is 11.4 Å². The number of anilines is 2. The van der Waals surface area contributed by atoms with Gasteiger partial charge >= 0.3 is 5.97 Å². The van der Waals surface area contributed by atoms with Crippen LogP contribution in [0.5, 0.6) is 0 Å². The van der Waals surface area contributed by atoms with Crippen molar-refractivity contribution in [1.82, 2.24) is 0 Å². The van der Waals surface area contributed by atoms with Crippen molar-refractivity contribution in [3.05, 3.63) is 23.8 Å². The molecule has 0 aliphatic rings. The summed E-state index contributed by atoms with van der Waals surface area (Å²) in [5.74, 6) is -0.0258. The van der Waals surface area contributed by atoms with E-state index in [0.717, 1.165) is 5.69 Å². The highest BCUT2D eigenvalue weighted by atomic mass is 16.5. The smallest absolute Gasteiger partial charge is 0.340 e. The second-order valence-corrected chi connectivity index (χ2v) is 4.94. The average Bonchev–Trinajstić information content (AvgIpc) is 2.40. The highest BCUT2D eigenvalue weighted by Crippen LogP contribution is 2.25. The maximum atomic E-state index is 11.8. The Balaban J connectivity index is 2.96. The maximum Gasteiger partial charge on any atom is 0.340 e. The van der Waals surface area contributed by atoms with Gasteiger partial charge in [-0.25, -0.2) is 4.79 Å². The lowest BCUT2D eigenvalue weighted by atomic mass is 10.0. The van der Waals surface area contributed by atoms with E-state index in [0.29, 0.717) is 30.4 Å². The Morgan fingerprint density at radius 1 is 1.40 bits per heavy atom. The fourth-order valence-corrected chi connectivity index (χ4v) is 1.86. The number of hydrogen-bond acceptors (Lipinski definition) is 5. The fourth-order valence-electron chi connectivity index (χ4n) is 1.86. The molecule has 0 saturated carbocycles. The molecule has 20 heavy (non-hydrogen) atoms. The highest BCUT2D eigenvalue weighted by Gasteiger charge is 2.17. The van der Waals surface area contributed by atoms with Crippen LogP contribution in [-0.4, -0.2) is 32.3 Å². The van der Waals surface area contributed by atoms with Crippen molar-refractivity contribution in [1.29, 1.82) is 0 Å². The molecule has 0 heterocycles. The summed E-state index contributed by atoms with van der Waals surface area (Å²) < 4.78 is 10.2. The van der Waals surface area contributed by atoms with Gasteiger partial charge in [0.2, 0.25) is 0 Å². The zero-order valence-corrected chi connectivity index (χ0v) is 12.6. The van der Waals surface area contributed by atoms with Gasteiger partial charge in [-0.1, -0.05) is 19.9 Å². The molecule has 0 amide bonds. The van der Waals surface area contributed by atoms with Crippen LogP contribution in [0.1, 0.15) is 31.1 Å². The van der Waals surface area contributed by atoms with Crippen molar-refractivity contribution in [2.24, 2.45) is 5.92 Å². The summed E-state index contributed by atoms with van der Waals surface area (Å²) in [7, 11) is 1.66. The minimum Gasteiger partial charge on any atom is -0.462 e. The van der Waals surface area contributed by atoms with Crippen molar-refractivity contribution >= 4 is 17.3 Å². The number of carbonyl (C=O) groups excluding carboxylic acids is 1. The minimum absolute atomic E-state index is 0.125. The van der Waals surface area contributed by atoms with Crippen LogP contribution in [0.2, 0.25) is 0 Å². The van der Waals surface area contributed by atoms with Gasteiger partial charge in [0, 0.05) is 7.11 Å². The van der Waals surface area contributed by atoms with Crippen LogP contribution in [0, 0.1) is 5.92 Å².